The van der Waals surface area contributed by atoms with Crippen molar-refractivity contribution in [3.8, 4) is 0 Å². The highest BCUT2D eigenvalue weighted by Gasteiger charge is 2.26. The number of anilines is 2. The molecule has 2 aromatic rings. The first-order valence-electron chi connectivity index (χ1n) is 7.50. The summed E-state index contributed by atoms with van der Waals surface area (Å²) in [5.41, 5.74) is 10.5. The van der Waals surface area contributed by atoms with Crippen LogP contribution in [-0.4, -0.2) is 6.04 Å². The second kappa shape index (κ2) is 5.49. The standard InChI is InChI=1S/C18H21FN2/c1-12-7-8-14-5-3-4-6-17(14)21(12)18-10-9-15(19)11-16(18)13(2)20/h3-6,9-13H,7-8,20H2,1-2H3/t12?,13-/m1/s1. The summed E-state index contributed by atoms with van der Waals surface area (Å²) in [5, 5.41) is 0. The summed E-state index contributed by atoms with van der Waals surface area (Å²) >= 11 is 0. The predicted octanol–water partition coefficient (Wildman–Crippen LogP) is 4.32. The molecule has 1 heterocycles. The zero-order valence-corrected chi connectivity index (χ0v) is 12.5. The molecule has 0 amide bonds. The first-order chi connectivity index (χ1) is 10.1. The molecule has 1 unspecified atom stereocenters. The molecule has 0 aliphatic carbocycles. The first-order valence-corrected chi connectivity index (χ1v) is 7.50. The molecule has 2 aromatic carbocycles. The maximum atomic E-state index is 13.6. The van der Waals surface area contributed by atoms with Crippen molar-refractivity contribution in [1.82, 2.24) is 0 Å². The highest BCUT2D eigenvalue weighted by Crippen LogP contribution is 2.39. The fraction of sp³-hybridized carbons (Fsp3) is 0.333. The third-order valence-electron chi connectivity index (χ3n) is 4.26. The molecule has 0 saturated heterocycles. The Balaban J connectivity index is 2.16. The van der Waals surface area contributed by atoms with E-state index >= 15 is 0 Å². The topological polar surface area (TPSA) is 29.3 Å². The van der Waals surface area contributed by atoms with Gasteiger partial charge in [-0.3, -0.25) is 0 Å². The van der Waals surface area contributed by atoms with Crippen LogP contribution in [0.15, 0.2) is 42.5 Å². The summed E-state index contributed by atoms with van der Waals surface area (Å²) in [7, 11) is 0. The van der Waals surface area contributed by atoms with E-state index in [-0.39, 0.29) is 11.9 Å². The van der Waals surface area contributed by atoms with Crippen molar-refractivity contribution in [3.63, 3.8) is 0 Å². The fourth-order valence-electron chi connectivity index (χ4n) is 3.16. The van der Waals surface area contributed by atoms with Crippen LogP contribution in [0, 0.1) is 5.82 Å². The van der Waals surface area contributed by atoms with E-state index < -0.39 is 0 Å². The third kappa shape index (κ3) is 2.54. The highest BCUT2D eigenvalue weighted by atomic mass is 19.1. The van der Waals surface area contributed by atoms with Gasteiger partial charge in [-0.15, -0.1) is 0 Å². The highest BCUT2D eigenvalue weighted by molar-refractivity contribution is 5.71. The molecule has 0 radical (unpaired) electrons. The van der Waals surface area contributed by atoms with Gasteiger partial charge in [0.05, 0.1) is 0 Å². The van der Waals surface area contributed by atoms with Gasteiger partial charge in [0.1, 0.15) is 5.82 Å². The number of aryl methyl sites for hydroxylation is 1. The van der Waals surface area contributed by atoms with Crippen LogP contribution in [0.1, 0.15) is 37.4 Å². The Bertz CT molecular complexity index is 651. The second-order valence-electron chi connectivity index (χ2n) is 5.88. The lowest BCUT2D eigenvalue weighted by molar-refractivity contribution is 0.605. The van der Waals surface area contributed by atoms with Crippen LogP contribution in [0.4, 0.5) is 15.8 Å². The summed E-state index contributed by atoms with van der Waals surface area (Å²) < 4.78 is 13.6. The van der Waals surface area contributed by atoms with Gasteiger partial charge in [0.25, 0.3) is 0 Å². The Hall–Kier alpha value is -1.87. The van der Waals surface area contributed by atoms with E-state index in [4.69, 9.17) is 5.73 Å². The first kappa shape index (κ1) is 14.1. The van der Waals surface area contributed by atoms with Crippen molar-refractivity contribution in [2.45, 2.75) is 38.8 Å². The van der Waals surface area contributed by atoms with Gasteiger partial charge in [-0.25, -0.2) is 4.39 Å². The quantitative estimate of drug-likeness (QED) is 0.890. The molecule has 0 saturated carbocycles. The molecule has 1 aliphatic heterocycles. The average molecular weight is 284 g/mol. The van der Waals surface area contributed by atoms with E-state index in [2.05, 4.69) is 36.1 Å². The van der Waals surface area contributed by atoms with Gasteiger partial charge in [0.2, 0.25) is 0 Å². The number of benzene rings is 2. The average Bonchev–Trinajstić information content (AvgIpc) is 2.47. The fourth-order valence-corrected chi connectivity index (χ4v) is 3.16. The van der Waals surface area contributed by atoms with Gasteiger partial charge in [-0.1, -0.05) is 18.2 Å². The van der Waals surface area contributed by atoms with E-state index in [1.807, 2.05) is 13.0 Å². The van der Waals surface area contributed by atoms with Crippen LogP contribution in [0.3, 0.4) is 0 Å². The number of para-hydroxylation sites is 1. The molecule has 0 fully saturated rings. The minimum atomic E-state index is -0.232. The number of rotatable bonds is 2. The lowest BCUT2D eigenvalue weighted by Crippen LogP contribution is -2.34. The number of halogens is 1. The van der Waals surface area contributed by atoms with Crippen molar-refractivity contribution in [1.29, 1.82) is 0 Å². The maximum Gasteiger partial charge on any atom is 0.123 e. The number of nitrogens with two attached hydrogens (primary N) is 1. The van der Waals surface area contributed by atoms with Gasteiger partial charge in [-0.2, -0.15) is 0 Å². The Morgan fingerprint density at radius 2 is 1.95 bits per heavy atom. The SMILES string of the molecule is CC1CCc2ccccc2N1c1ccc(F)cc1[C@@H](C)N. The van der Waals surface area contributed by atoms with Crippen molar-refractivity contribution < 1.29 is 4.39 Å². The zero-order valence-electron chi connectivity index (χ0n) is 12.5. The molecule has 0 bridgehead atoms. The van der Waals surface area contributed by atoms with Crippen LogP contribution >= 0.6 is 0 Å². The van der Waals surface area contributed by atoms with E-state index in [0.717, 1.165) is 24.1 Å². The minimum Gasteiger partial charge on any atom is -0.338 e. The van der Waals surface area contributed by atoms with Crippen LogP contribution in [-0.2, 0) is 6.42 Å². The maximum absolute atomic E-state index is 13.6. The van der Waals surface area contributed by atoms with E-state index in [1.54, 1.807) is 6.07 Å². The predicted molar refractivity (Wildman–Crippen MR) is 85.4 cm³/mol. The molecule has 3 rings (SSSR count). The molecule has 21 heavy (non-hydrogen) atoms. The molecule has 2 nitrogen and oxygen atoms in total. The van der Waals surface area contributed by atoms with Crippen molar-refractivity contribution >= 4 is 11.4 Å². The second-order valence-corrected chi connectivity index (χ2v) is 5.88. The van der Waals surface area contributed by atoms with E-state index in [0.29, 0.717) is 6.04 Å². The normalized spacial score (nSPS) is 19.2. The number of fused-ring (bicyclic) bond motifs is 1. The molecule has 0 spiro atoms. The smallest absolute Gasteiger partial charge is 0.123 e. The Kier molecular flexibility index (Phi) is 3.68. The van der Waals surface area contributed by atoms with Crippen molar-refractivity contribution in [3.05, 3.63) is 59.4 Å². The summed E-state index contributed by atoms with van der Waals surface area (Å²) in [4.78, 5) is 2.30. The summed E-state index contributed by atoms with van der Waals surface area (Å²) in [5.74, 6) is -0.232. The molecule has 3 heteroatoms. The number of hydrogen-bond acceptors (Lipinski definition) is 2. The third-order valence-corrected chi connectivity index (χ3v) is 4.26. The molecule has 2 N–H and O–H groups in total. The van der Waals surface area contributed by atoms with Gasteiger partial charge >= 0.3 is 0 Å². The van der Waals surface area contributed by atoms with E-state index in [9.17, 15) is 4.39 Å². The van der Waals surface area contributed by atoms with Crippen LogP contribution in [0.5, 0.6) is 0 Å². The Morgan fingerprint density at radius 3 is 2.71 bits per heavy atom. The number of hydrogen-bond donors (Lipinski definition) is 1. The van der Waals surface area contributed by atoms with Gasteiger partial charge in [0, 0.05) is 23.5 Å². The lowest BCUT2D eigenvalue weighted by Gasteiger charge is -2.38. The largest absolute Gasteiger partial charge is 0.338 e. The minimum absolute atomic E-state index is 0.197. The molecule has 110 valence electrons. The summed E-state index contributed by atoms with van der Waals surface area (Å²) in [6, 6.07) is 13.5. The molecular formula is C18H21FN2. The molecular weight excluding hydrogens is 263 g/mol. The van der Waals surface area contributed by atoms with Crippen molar-refractivity contribution in [2.75, 3.05) is 4.90 Å². The zero-order chi connectivity index (χ0) is 15.0. The van der Waals surface area contributed by atoms with Gasteiger partial charge in [0.15, 0.2) is 0 Å². The molecule has 0 aromatic heterocycles. The van der Waals surface area contributed by atoms with Crippen LogP contribution in [0.2, 0.25) is 0 Å². The van der Waals surface area contributed by atoms with Crippen LogP contribution in [0.25, 0.3) is 0 Å². The van der Waals surface area contributed by atoms with Crippen molar-refractivity contribution in [2.24, 2.45) is 5.73 Å². The van der Waals surface area contributed by atoms with E-state index in [1.165, 1.54) is 17.3 Å². The summed E-state index contributed by atoms with van der Waals surface area (Å²) in [6.07, 6.45) is 2.18. The lowest BCUT2D eigenvalue weighted by atomic mass is 9.94. The summed E-state index contributed by atoms with van der Waals surface area (Å²) in [6.45, 7) is 4.11. The van der Waals surface area contributed by atoms with Gasteiger partial charge in [-0.05, 0) is 62.1 Å². The van der Waals surface area contributed by atoms with Gasteiger partial charge < -0.3 is 10.6 Å². The Labute approximate surface area is 125 Å². The monoisotopic (exact) mass is 284 g/mol. The Morgan fingerprint density at radius 1 is 1.19 bits per heavy atom. The molecule has 2 atom stereocenters. The van der Waals surface area contributed by atoms with Crippen LogP contribution < -0.4 is 10.6 Å². The number of nitrogens with zero attached hydrogens (tertiary/aromatic N) is 1. The molecule has 1 aliphatic rings.